The molecule has 2 rings (SSSR count). The number of hydrogen-bond acceptors (Lipinski definition) is 3. The van der Waals surface area contributed by atoms with E-state index in [1.807, 2.05) is 9.58 Å². The highest BCUT2D eigenvalue weighted by Gasteiger charge is 2.36. The Balaban J connectivity index is 0.00000264. The first-order valence-electron chi connectivity index (χ1n) is 8.20. The number of rotatable bonds is 2. The molecule has 23 heavy (non-hydrogen) atoms. The van der Waals surface area contributed by atoms with Crippen LogP contribution < -0.4 is 5.73 Å². The summed E-state index contributed by atoms with van der Waals surface area (Å²) in [6.45, 7) is 14.1. The van der Waals surface area contributed by atoms with Crippen molar-refractivity contribution in [2.24, 2.45) is 11.1 Å². The van der Waals surface area contributed by atoms with Crippen molar-refractivity contribution in [3.63, 3.8) is 0 Å². The number of hydrogen-bond donors (Lipinski definition) is 1. The van der Waals surface area contributed by atoms with Gasteiger partial charge in [0.1, 0.15) is 0 Å². The van der Waals surface area contributed by atoms with E-state index in [0.29, 0.717) is 6.54 Å². The van der Waals surface area contributed by atoms with E-state index < -0.39 is 0 Å². The molecule has 2 heterocycles. The van der Waals surface area contributed by atoms with Gasteiger partial charge in [-0.15, -0.1) is 12.4 Å². The molecule has 1 amide bonds. The molecule has 1 aliphatic heterocycles. The fourth-order valence-corrected chi connectivity index (χ4v) is 3.19. The smallest absolute Gasteiger partial charge is 0.257 e. The molecule has 0 aromatic carbocycles. The van der Waals surface area contributed by atoms with E-state index in [1.54, 1.807) is 6.20 Å². The first kappa shape index (κ1) is 20.0. The number of piperidine rings is 1. The van der Waals surface area contributed by atoms with Gasteiger partial charge in [-0.1, -0.05) is 20.8 Å². The van der Waals surface area contributed by atoms with Crippen LogP contribution in [0.25, 0.3) is 0 Å². The molecule has 0 saturated carbocycles. The largest absolute Gasteiger partial charge is 0.338 e. The zero-order valence-electron chi connectivity index (χ0n) is 15.2. The summed E-state index contributed by atoms with van der Waals surface area (Å²) in [5.74, 6) is 0.0901. The summed E-state index contributed by atoms with van der Waals surface area (Å²) in [5, 5.41) is 4.47. The summed E-state index contributed by atoms with van der Waals surface area (Å²) in [7, 11) is 0. The van der Waals surface area contributed by atoms with Gasteiger partial charge < -0.3 is 10.6 Å². The summed E-state index contributed by atoms with van der Waals surface area (Å²) >= 11 is 0. The van der Waals surface area contributed by atoms with Gasteiger partial charge >= 0.3 is 0 Å². The van der Waals surface area contributed by atoms with Gasteiger partial charge in [-0.05, 0) is 39.0 Å². The minimum absolute atomic E-state index is 0. The van der Waals surface area contributed by atoms with Gasteiger partial charge in [0.25, 0.3) is 5.91 Å². The van der Waals surface area contributed by atoms with Crippen molar-refractivity contribution in [1.82, 2.24) is 14.7 Å². The van der Waals surface area contributed by atoms with Crippen molar-refractivity contribution in [1.29, 1.82) is 0 Å². The molecular weight excluding hydrogens is 312 g/mol. The lowest BCUT2D eigenvalue weighted by atomic mass is 9.79. The van der Waals surface area contributed by atoms with Gasteiger partial charge in [-0.25, -0.2) is 0 Å². The highest BCUT2D eigenvalue weighted by atomic mass is 35.5. The maximum Gasteiger partial charge on any atom is 0.257 e. The van der Waals surface area contributed by atoms with Crippen LogP contribution in [0, 0.1) is 5.41 Å². The zero-order valence-corrected chi connectivity index (χ0v) is 16.0. The Labute approximate surface area is 146 Å². The molecule has 2 N–H and O–H groups in total. The predicted molar refractivity (Wildman–Crippen MR) is 96.1 cm³/mol. The molecule has 0 aliphatic carbocycles. The molecule has 1 fully saturated rings. The Morgan fingerprint density at radius 2 is 2.04 bits per heavy atom. The molecule has 1 aliphatic rings. The molecule has 0 spiro atoms. The third-order valence-electron chi connectivity index (χ3n) is 4.67. The van der Waals surface area contributed by atoms with Crippen LogP contribution in [-0.2, 0) is 12.0 Å². The second kappa shape index (κ2) is 6.81. The van der Waals surface area contributed by atoms with Gasteiger partial charge in [0.05, 0.1) is 23.0 Å². The van der Waals surface area contributed by atoms with Gasteiger partial charge in [-0.3, -0.25) is 9.48 Å². The highest BCUT2D eigenvalue weighted by molar-refractivity contribution is 5.95. The monoisotopic (exact) mass is 342 g/mol. The molecule has 0 bridgehead atoms. The minimum atomic E-state index is -0.118. The molecule has 1 saturated heterocycles. The third kappa shape index (κ3) is 3.89. The quantitative estimate of drug-likeness (QED) is 0.898. The number of amides is 1. The average Bonchev–Trinajstić information content (AvgIpc) is 2.84. The fourth-order valence-electron chi connectivity index (χ4n) is 3.19. The molecule has 5 nitrogen and oxygen atoms in total. The van der Waals surface area contributed by atoms with Crippen LogP contribution >= 0.6 is 12.4 Å². The molecule has 1 aromatic heterocycles. The molecule has 1 unspecified atom stereocenters. The summed E-state index contributed by atoms with van der Waals surface area (Å²) in [6.07, 6.45) is 3.39. The van der Waals surface area contributed by atoms with Crippen LogP contribution in [0.2, 0.25) is 0 Å². The molecule has 0 radical (unpaired) electrons. The Bertz CT molecular complexity index is 559. The number of nitrogens with zero attached hydrogens (tertiary/aromatic N) is 3. The Hall–Kier alpha value is -1.07. The SMILES string of the molecule is CCc1c(C(=O)N2CCC(N)C(C)(C)C2)cnn1C(C)(C)C.Cl. The highest BCUT2D eigenvalue weighted by Crippen LogP contribution is 2.29. The van der Waals surface area contributed by atoms with Crippen molar-refractivity contribution >= 4 is 18.3 Å². The summed E-state index contributed by atoms with van der Waals surface area (Å²) in [5.41, 5.74) is 7.78. The van der Waals surface area contributed by atoms with E-state index in [-0.39, 0.29) is 35.3 Å². The number of carbonyl (C=O) groups is 1. The van der Waals surface area contributed by atoms with Crippen LogP contribution in [0.4, 0.5) is 0 Å². The second-order valence-corrected chi connectivity index (χ2v) is 8.05. The van der Waals surface area contributed by atoms with E-state index in [2.05, 4.69) is 46.6 Å². The topological polar surface area (TPSA) is 64.2 Å². The fraction of sp³-hybridized carbons (Fsp3) is 0.765. The van der Waals surface area contributed by atoms with Crippen LogP contribution in [0.1, 0.15) is 64.0 Å². The van der Waals surface area contributed by atoms with Crippen molar-refractivity contribution in [3.05, 3.63) is 17.5 Å². The first-order valence-corrected chi connectivity index (χ1v) is 8.20. The van der Waals surface area contributed by atoms with Gasteiger partial charge in [0.2, 0.25) is 0 Å². The summed E-state index contributed by atoms with van der Waals surface area (Å²) in [4.78, 5) is 14.9. The Kier molecular flexibility index (Phi) is 5.92. The van der Waals surface area contributed by atoms with E-state index in [0.717, 1.165) is 30.6 Å². The molecular formula is C17H31ClN4O. The maximum absolute atomic E-state index is 12.9. The van der Waals surface area contributed by atoms with Crippen LogP contribution in [0.5, 0.6) is 0 Å². The van der Waals surface area contributed by atoms with E-state index in [1.165, 1.54) is 0 Å². The zero-order chi connectivity index (χ0) is 16.7. The Morgan fingerprint density at radius 1 is 1.43 bits per heavy atom. The third-order valence-corrected chi connectivity index (χ3v) is 4.67. The van der Waals surface area contributed by atoms with Crippen LogP contribution in [0.15, 0.2) is 6.20 Å². The summed E-state index contributed by atoms with van der Waals surface area (Å²) < 4.78 is 1.97. The van der Waals surface area contributed by atoms with E-state index >= 15 is 0 Å². The number of aromatic nitrogens is 2. The lowest BCUT2D eigenvalue weighted by Crippen LogP contribution is -2.54. The predicted octanol–water partition coefficient (Wildman–Crippen LogP) is 2.82. The molecule has 132 valence electrons. The number of nitrogens with two attached hydrogens (primary N) is 1. The van der Waals surface area contributed by atoms with Crippen molar-refractivity contribution in [3.8, 4) is 0 Å². The minimum Gasteiger partial charge on any atom is -0.338 e. The van der Waals surface area contributed by atoms with Crippen LogP contribution in [0.3, 0.4) is 0 Å². The Morgan fingerprint density at radius 3 is 2.52 bits per heavy atom. The number of likely N-dealkylation sites (tertiary alicyclic amines) is 1. The average molecular weight is 343 g/mol. The lowest BCUT2D eigenvalue weighted by Gasteiger charge is -2.42. The van der Waals surface area contributed by atoms with E-state index in [9.17, 15) is 4.79 Å². The maximum atomic E-state index is 12.9. The summed E-state index contributed by atoms with van der Waals surface area (Å²) in [6, 6.07) is 0.152. The number of carbonyl (C=O) groups excluding carboxylic acids is 1. The second-order valence-electron chi connectivity index (χ2n) is 8.05. The molecule has 1 aromatic rings. The first-order chi connectivity index (χ1) is 10.1. The van der Waals surface area contributed by atoms with E-state index in [4.69, 9.17) is 5.73 Å². The van der Waals surface area contributed by atoms with Gasteiger partial charge in [-0.2, -0.15) is 5.10 Å². The standard InChI is InChI=1S/C17H30N4O.ClH/c1-7-13-12(10-19-21(13)16(2,3)4)15(22)20-9-8-14(18)17(5,6)11-20;/h10,14H,7-9,11,18H2,1-6H3;1H. The van der Waals surface area contributed by atoms with Gasteiger partial charge in [0.15, 0.2) is 0 Å². The van der Waals surface area contributed by atoms with Crippen molar-refractivity contribution < 1.29 is 4.79 Å². The lowest BCUT2D eigenvalue weighted by molar-refractivity contribution is 0.0531. The molecule has 6 heteroatoms. The number of halogens is 1. The normalized spacial score (nSPS) is 21.0. The van der Waals surface area contributed by atoms with Gasteiger partial charge in [0, 0.05) is 19.1 Å². The van der Waals surface area contributed by atoms with Crippen LogP contribution in [-0.4, -0.2) is 39.7 Å². The van der Waals surface area contributed by atoms with Crippen molar-refractivity contribution in [2.45, 2.75) is 66.0 Å². The van der Waals surface area contributed by atoms with Crippen molar-refractivity contribution in [2.75, 3.05) is 13.1 Å². The molecule has 1 atom stereocenters.